The smallest absolute Gasteiger partial charge is 0.304 e. The molecule has 172 valence electrons. The number of benzene rings is 2. The maximum absolute atomic E-state index is 11.2. The molecule has 2 heterocycles. The Labute approximate surface area is 199 Å². The molecule has 4 rings (SSSR count). The quantitative estimate of drug-likeness (QED) is 0.343. The molecule has 0 bridgehead atoms. The molecule has 0 amide bonds. The number of rotatable bonds is 8. The van der Waals surface area contributed by atoms with E-state index in [1.54, 1.807) is 19.3 Å². The van der Waals surface area contributed by atoms with Gasteiger partial charge in [-0.05, 0) is 61.0 Å². The lowest BCUT2D eigenvalue weighted by Crippen LogP contribution is -2.14. The van der Waals surface area contributed by atoms with E-state index in [-0.39, 0.29) is 18.4 Å². The first kappa shape index (κ1) is 23.1. The van der Waals surface area contributed by atoms with Gasteiger partial charge in [0.1, 0.15) is 11.9 Å². The number of fused-ring (bicyclic) bond motifs is 1. The average Bonchev–Trinajstić information content (AvgIpc) is 3.30. The lowest BCUT2D eigenvalue weighted by Gasteiger charge is -2.22. The van der Waals surface area contributed by atoms with Gasteiger partial charge in [-0.25, -0.2) is 0 Å². The Hall–Kier alpha value is -4.11. The van der Waals surface area contributed by atoms with Crippen LogP contribution in [0.3, 0.4) is 0 Å². The predicted octanol–water partition coefficient (Wildman–Crippen LogP) is 5.52. The van der Waals surface area contributed by atoms with Gasteiger partial charge in [-0.3, -0.25) is 14.8 Å². The van der Waals surface area contributed by atoms with Gasteiger partial charge in [0.25, 0.3) is 0 Å². The SMILES string of the molecule is CC#CC(CC(=O)O)c1ccc(O[C@@H](Cc2cnc(C)cn2)c2ccc3cc[nH]c3c2C)cc1. The number of nitrogens with one attached hydrogen (secondary N) is 1. The molecule has 4 aromatic rings. The summed E-state index contributed by atoms with van der Waals surface area (Å²) in [5.74, 6) is 5.28. The number of aromatic amines is 1. The van der Waals surface area contributed by atoms with Crippen molar-refractivity contribution in [1.82, 2.24) is 15.0 Å². The largest absolute Gasteiger partial charge is 0.485 e. The van der Waals surface area contributed by atoms with E-state index >= 15 is 0 Å². The predicted molar refractivity (Wildman–Crippen MR) is 132 cm³/mol. The number of aliphatic carboxylic acids is 1. The first-order chi connectivity index (χ1) is 16.4. The van der Waals surface area contributed by atoms with E-state index in [1.807, 2.05) is 37.4 Å². The van der Waals surface area contributed by atoms with Crippen LogP contribution in [0, 0.1) is 25.7 Å². The van der Waals surface area contributed by atoms with Gasteiger partial charge in [-0.2, -0.15) is 0 Å². The van der Waals surface area contributed by atoms with Gasteiger partial charge in [0.15, 0.2) is 0 Å². The van der Waals surface area contributed by atoms with Crippen LogP contribution in [0.15, 0.2) is 61.1 Å². The molecule has 0 saturated heterocycles. The molecule has 6 nitrogen and oxygen atoms in total. The van der Waals surface area contributed by atoms with E-state index in [0.29, 0.717) is 12.2 Å². The highest BCUT2D eigenvalue weighted by Gasteiger charge is 2.20. The molecule has 2 N–H and O–H groups in total. The van der Waals surface area contributed by atoms with Gasteiger partial charge in [-0.1, -0.05) is 30.2 Å². The molecule has 0 aliphatic heterocycles. The topological polar surface area (TPSA) is 88.1 Å². The van der Waals surface area contributed by atoms with Crippen LogP contribution in [0.5, 0.6) is 5.75 Å². The summed E-state index contributed by atoms with van der Waals surface area (Å²) in [6.07, 6.45) is 5.74. The number of aryl methyl sites for hydroxylation is 2. The van der Waals surface area contributed by atoms with Crippen molar-refractivity contribution in [2.24, 2.45) is 0 Å². The van der Waals surface area contributed by atoms with E-state index in [9.17, 15) is 9.90 Å². The van der Waals surface area contributed by atoms with Crippen LogP contribution in [0.2, 0.25) is 0 Å². The third kappa shape index (κ3) is 5.26. The third-order valence-electron chi connectivity index (χ3n) is 5.86. The Morgan fingerprint density at radius 1 is 1.09 bits per heavy atom. The van der Waals surface area contributed by atoms with Crippen LogP contribution in [-0.2, 0) is 11.2 Å². The molecule has 0 fully saturated rings. The number of ether oxygens (including phenoxy) is 1. The fourth-order valence-corrected chi connectivity index (χ4v) is 4.12. The Kier molecular flexibility index (Phi) is 6.93. The first-order valence-corrected chi connectivity index (χ1v) is 11.2. The van der Waals surface area contributed by atoms with E-state index in [2.05, 4.69) is 51.9 Å². The van der Waals surface area contributed by atoms with Crippen molar-refractivity contribution in [1.29, 1.82) is 0 Å². The van der Waals surface area contributed by atoms with Crippen molar-refractivity contribution in [2.45, 2.75) is 45.6 Å². The molecule has 2 aromatic heterocycles. The molecule has 0 saturated carbocycles. The van der Waals surface area contributed by atoms with Gasteiger partial charge in [0.2, 0.25) is 0 Å². The molecule has 0 aliphatic rings. The summed E-state index contributed by atoms with van der Waals surface area (Å²) in [7, 11) is 0. The van der Waals surface area contributed by atoms with Crippen LogP contribution in [-0.4, -0.2) is 26.0 Å². The second kappa shape index (κ2) is 10.2. The van der Waals surface area contributed by atoms with Gasteiger partial charge in [0.05, 0.1) is 23.7 Å². The van der Waals surface area contributed by atoms with Gasteiger partial charge in [-0.15, -0.1) is 5.92 Å². The van der Waals surface area contributed by atoms with Crippen molar-refractivity contribution in [2.75, 3.05) is 0 Å². The first-order valence-electron chi connectivity index (χ1n) is 11.2. The van der Waals surface area contributed by atoms with Gasteiger partial charge in [0, 0.05) is 30.5 Å². The fourth-order valence-electron chi connectivity index (χ4n) is 4.12. The zero-order chi connectivity index (χ0) is 24.1. The highest BCUT2D eigenvalue weighted by Crippen LogP contribution is 2.32. The van der Waals surface area contributed by atoms with Crippen molar-refractivity contribution < 1.29 is 14.6 Å². The van der Waals surface area contributed by atoms with Crippen molar-refractivity contribution in [3.05, 3.63) is 89.1 Å². The van der Waals surface area contributed by atoms with E-state index in [1.165, 1.54) is 0 Å². The van der Waals surface area contributed by atoms with Gasteiger partial charge < -0.3 is 14.8 Å². The molecule has 34 heavy (non-hydrogen) atoms. The summed E-state index contributed by atoms with van der Waals surface area (Å²) in [6.45, 7) is 5.72. The Balaban J connectivity index is 1.64. The number of nitrogens with zero attached hydrogens (tertiary/aromatic N) is 2. The number of carboxylic acid groups (broad SMARTS) is 1. The van der Waals surface area contributed by atoms with E-state index < -0.39 is 5.97 Å². The molecule has 0 spiro atoms. The summed E-state index contributed by atoms with van der Waals surface area (Å²) in [5, 5.41) is 10.4. The molecule has 0 aliphatic carbocycles. The molecule has 0 radical (unpaired) electrons. The van der Waals surface area contributed by atoms with Crippen molar-refractivity contribution in [3.8, 4) is 17.6 Å². The van der Waals surface area contributed by atoms with Crippen LogP contribution >= 0.6 is 0 Å². The van der Waals surface area contributed by atoms with E-state index in [0.717, 1.165) is 39.0 Å². The normalized spacial score (nSPS) is 12.6. The molecular weight excluding hydrogens is 426 g/mol. The summed E-state index contributed by atoms with van der Waals surface area (Å²) in [4.78, 5) is 23.5. The number of aromatic nitrogens is 3. The molecule has 6 heteroatoms. The van der Waals surface area contributed by atoms with E-state index in [4.69, 9.17) is 4.74 Å². The minimum atomic E-state index is -0.873. The maximum Gasteiger partial charge on any atom is 0.304 e. The number of hydrogen-bond donors (Lipinski definition) is 2. The summed E-state index contributed by atoms with van der Waals surface area (Å²) >= 11 is 0. The second-order valence-corrected chi connectivity index (χ2v) is 8.30. The van der Waals surface area contributed by atoms with Crippen LogP contribution in [0.25, 0.3) is 10.9 Å². The van der Waals surface area contributed by atoms with Crippen LogP contribution in [0.1, 0.15) is 53.4 Å². The lowest BCUT2D eigenvalue weighted by atomic mass is 9.96. The number of hydrogen-bond acceptors (Lipinski definition) is 4. The van der Waals surface area contributed by atoms with Crippen molar-refractivity contribution >= 4 is 16.9 Å². The summed E-state index contributed by atoms with van der Waals surface area (Å²) < 4.78 is 6.48. The van der Waals surface area contributed by atoms with Crippen LogP contribution < -0.4 is 4.74 Å². The van der Waals surface area contributed by atoms with Gasteiger partial charge >= 0.3 is 5.97 Å². The number of carbonyl (C=O) groups is 1. The van der Waals surface area contributed by atoms with Crippen molar-refractivity contribution in [3.63, 3.8) is 0 Å². The minimum Gasteiger partial charge on any atom is -0.485 e. The molecule has 2 aromatic carbocycles. The fraction of sp³-hybridized carbons (Fsp3) is 0.250. The van der Waals surface area contributed by atoms with Crippen LogP contribution in [0.4, 0.5) is 0 Å². The molecule has 1 unspecified atom stereocenters. The molecule has 2 atom stereocenters. The molecular formula is C28H27N3O3. The standard InChI is InChI=1S/C28H27N3O3/c1-4-5-22(14-27(32)33)20-6-9-24(10-7-20)34-26(15-23-17-30-18(2)16-31-23)25-11-8-21-12-13-29-28(21)19(25)3/h6-13,16-17,22,26,29H,14-15H2,1-3H3,(H,32,33)/t22?,26-/m0/s1. The Morgan fingerprint density at radius 2 is 1.88 bits per heavy atom. The highest BCUT2D eigenvalue weighted by atomic mass is 16.5. The summed E-state index contributed by atoms with van der Waals surface area (Å²) in [5.41, 5.74) is 5.86. The number of H-pyrrole nitrogens is 1. The maximum atomic E-state index is 11.2. The highest BCUT2D eigenvalue weighted by molar-refractivity contribution is 5.83. The zero-order valence-corrected chi connectivity index (χ0v) is 19.5. The number of carboxylic acids is 1. The summed E-state index contributed by atoms with van der Waals surface area (Å²) in [6, 6.07) is 13.8. The Bertz CT molecular complexity index is 1350. The Morgan fingerprint density at radius 3 is 2.56 bits per heavy atom. The third-order valence-corrected chi connectivity index (χ3v) is 5.86. The second-order valence-electron chi connectivity index (χ2n) is 8.30. The lowest BCUT2D eigenvalue weighted by molar-refractivity contribution is -0.137. The minimum absolute atomic E-state index is 0.0366. The monoisotopic (exact) mass is 453 g/mol. The average molecular weight is 454 g/mol. The zero-order valence-electron chi connectivity index (χ0n) is 19.5.